The van der Waals surface area contributed by atoms with Crippen LogP contribution in [-0.4, -0.2) is 0 Å². The third kappa shape index (κ3) is 4.42. The van der Waals surface area contributed by atoms with Crippen LogP contribution in [-0.2, 0) is 0 Å². The van der Waals surface area contributed by atoms with E-state index >= 15 is 0 Å². The fraction of sp³-hybridized carbons (Fsp3) is 0. The van der Waals surface area contributed by atoms with E-state index in [0.717, 1.165) is 0 Å². The Bertz CT molecular complexity index is 3430. The van der Waals surface area contributed by atoms with E-state index in [-0.39, 0.29) is 0 Å². The lowest BCUT2D eigenvalue weighted by Crippen LogP contribution is -1.91. The number of fused-ring (bicyclic) bond motifs is 12. The maximum Gasteiger partial charge on any atom is 0.0448 e. The van der Waals surface area contributed by atoms with Crippen molar-refractivity contribution >= 4 is 106 Å². The van der Waals surface area contributed by atoms with E-state index in [4.69, 9.17) is 0 Å². The fourth-order valence-corrected chi connectivity index (χ4v) is 11.5. The number of hydrogen-bond acceptors (Lipinski definition) is 2. The third-order valence-electron chi connectivity index (χ3n) is 11.4. The summed E-state index contributed by atoms with van der Waals surface area (Å²) in [6.07, 6.45) is 0. The topological polar surface area (TPSA) is 0 Å². The molecule has 12 aromatic rings. The second-order valence-corrected chi connectivity index (χ2v) is 16.5. The molecule has 0 amide bonds. The lowest BCUT2D eigenvalue weighted by molar-refractivity contribution is 1.64. The molecule has 0 fully saturated rings. The van der Waals surface area contributed by atoms with Gasteiger partial charge in [-0.3, -0.25) is 0 Å². The number of thiophene rings is 2. The van der Waals surface area contributed by atoms with Gasteiger partial charge < -0.3 is 0 Å². The molecule has 0 radical (unpaired) electrons. The smallest absolute Gasteiger partial charge is 0.0448 e. The molecule has 0 aliphatic rings. The van der Waals surface area contributed by atoms with Crippen molar-refractivity contribution in [2.45, 2.75) is 0 Å². The first kappa shape index (κ1) is 30.2. The molecule has 0 saturated heterocycles. The van der Waals surface area contributed by atoms with E-state index in [1.54, 1.807) is 0 Å². The van der Waals surface area contributed by atoms with Crippen LogP contribution in [0.2, 0.25) is 0 Å². The fourth-order valence-electron chi connectivity index (χ4n) is 8.94. The maximum absolute atomic E-state index is 2.48. The molecule has 0 atom stereocenters. The van der Waals surface area contributed by atoms with Crippen molar-refractivity contribution in [2.24, 2.45) is 0 Å². The molecule has 12 rings (SSSR count). The monoisotopic (exact) mass is 718 g/mol. The highest BCUT2D eigenvalue weighted by Crippen LogP contribution is 2.49. The lowest BCUT2D eigenvalue weighted by atomic mass is 9.85. The summed E-state index contributed by atoms with van der Waals surface area (Å²) in [5, 5.41) is 15.7. The summed E-state index contributed by atoms with van der Waals surface area (Å²) >= 11 is 3.86. The Morgan fingerprint density at radius 2 is 0.778 bits per heavy atom. The molecule has 2 aromatic heterocycles. The average molecular weight is 719 g/mol. The second-order valence-electron chi connectivity index (χ2n) is 14.4. The van der Waals surface area contributed by atoms with Crippen LogP contribution < -0.4 is 0 Å². The number of rotatable bonds is 3. The summed E-state index contributed by atoms with van der Waals surface area (Å²) in [6, 6.07) is 67.7. The summed E-state index contributed by atoms with van der Waals surface area (Å²) in [5.41, 5.74) is 7.58. The van der Waals surface area contributed by atoms with Crippen molar-refractivity contribution < 1.29 is 0 Å². The minimum Gasteiger partial charge on any atom is -0.135 e. The van der Waals surface area contributed by atoms with Crippen molar-refractivity contribution in [3.05, 3.63) is 182 Å². The first-order chi connectivity index (χ1) is 26.8. The predicted molar refractivity (Wildman–Crippen MR) is 239 cm³/mol. The lowest BCUT2D eigenvalue weighted by Gasteiger charge is -2.18. The Balaban J connectivity index is 1.09. The van der Waals surface area contributed by atoms with Crippen molar-refractivity contribution in [1.82, 2.24) is 0 Å². The van der Waals surface area contributed by atoms with Crippen molar-refractivity contribution in [3.8, 4) is 33.4 Å². The molecule has 2 heterocycles. The summed E-state index contributed by atoms with van der Waals surface area (Å²) < 4.78 is 5.45. The van der Waals surface area contributed by atoms with Gasteiger partial charge in [0.1, 0.15) is 0 Å². The van der Waals surface area contributed by atoms with Gasteiger partial charge in [0.2, 0.25) is 0 Å². The van der Waals surface area contributed by atoms with Crippen LogP contribution in [0.15, 0.2) is 182 Å². The van der Waals surface area contributed by atoms with Crippen LogP contribution in [0, 0.1) is 0 Å². The summed E-state index contributed by atoms with van der Waals surface area (Å²) in [6.45, 7) is 0. The second kappa shape index (κ2) is 11.6. The van der Waals surface area contributed by atoms with Gasteiger partial charge in [-0.2, -0.15) is 0 Å². The molecular formula is C52H30S2. The van der Waals surface area contributed by atoms with Gasteiger partial charge in [-0.05, 0) is 107 Å². The van der Waals surface area contributed by atoms with Gasteiger partial charge in [0.05, 0.1) is 0 Å². The maximum atomic E-state index is 2.48. The van der Waals surface area contributed by atoms with E-state index in [9.17, 15) is 0 Å². The number of hydrogen-bond donors (Lipinski definition) is 0. The highest BCUT2D eigenvalue weighted by molar-refractivity contribution is 7.30. The summed E-state index contributed by atoms with van der Waals surface area (Å²) in [7, 11) is 0. The SMILES string of the molecule is c1ccc(-c2ccc3cc(-c4c5ccccc5c(-c5ccc6sc7ccc8c9ccc%10ccccc%10c9sc8c7c6c5)c5ccccc45)ccc3c2)cc1. The summed E-state index contributed by atoms with van der Waals surface area (Å²) in [5.74, 6) is 0. The normalized spacial score (nSPS) is 12.1. The molecule has 2 heteroatoms. The van der Waals surface area contributed by atoms with Gasteiger partial charge >= 0.3 is 0 Å². The van der Waals surface area contributed by atoms with Crippen LogP contribution in [0.25, 0.3) is 117 Å². The minimum absolute atomic E-state index is 1.24. The molecule has 0 bridgehead atoms. The van der Waals surface area contributed by atoms with Crippen LogP contribution in [0.3, 0.4) is 0 Å². The number of benzene rings is 10. The van der Waals surface area contributed by atoms with E-state index < -0.39 is 0 Å². The zero-order valence-electron chi connectivity index (χ0n) is 29.1. The van der Waals surface area contributed by atoms with Crippen molar-refractivity contribution in [3.63, 3.8) is 0 Å². The van der Waals surface area contributed by atoms with Gasteiger partial charge in [-0.25, -0.2) is 0 Å². The molecule has 10 aromatic carbocycles. The van der Waals surface area contributed by atoms with E-state index in [2.05, 4.69) is 182 Å². The molecule has 0 N–H and O–H groups in total. The molecule has 0 saturated carbocycles. The van der Waals surface area contributed by atoms with Gasteiger partial charge in [-0.1, -0.05) is 152 Å². The van der Waals surface area contributed by atoms with Crippen LogP contribution in [0.5, 0.6) is 0 Å². The Morgan fingerprint density at radius 3 is 1.50 bits per heavy atom. The van der Waals surface area contributed by atoms with Crippen LogP contribution >= 0.6 is 22.7 Å². The van der Waals surface area contributed by atoms with E-state index in [1.165, 1.54) is 117 Å². The van der Waals surface area contributed by atoms with Gasteiger partial charge in [0.15, 0.2) is 0 Å². The van der Waals surface area contributed by atoms with Gasteiger partial charge in [-0.15, -0.1) is 22.7 Å². The van der Waals surface area contributed by atoms with Crippen molar-refractivity contribution in [1.29, 1.82) is 0 Å². The van der Waals surface area contributed by atoms with Crippen molar-refractivity contribution in [2.75, 3.05) is 0 Å². The Kier molecular flexibility index (Phi) is 6.48. The molecule has 54 heavy (non-hydrogen) atoms. The highest BCUT2D eigenvalue weighted by Gasteiger charge is 2.19. The minimum atomic E-state index is 1.24. The molecule has 0 aliphatic carbocycles. The summed E-state index contributed by atoms with van der Waals surface area (Å²) in [4.78, 5) is 0. The highest BCUT2D eigenvalue weighted by atomic mass is 32.1. The van der Waals surface area contributed by atoms with E-state index in [1.807, 2.05) is 22.7 Å². The zero-order chi connectivity index (χ0) is 35.3. The molecule has 0 nitrogen and oxygen atoms in total. The average Bonchev–Trinajstić information content (AvgIpc) is 3.81. The zero-order valence-corrected chi connectivity index (χ0v) is 30.8. The Hall–Kier alpha value is -6.32. The largest absolute Gasteiger partial charge is 0.135 e. The Labute approximate surface area is 319 Å². The standard InChI is InChI=1S/C52H30S2/c1-2-10-31(11-3-1)33-18-19-35-29-36(21-20-34(35)28-33)48-39-14-6-8-16-41(39)49(42-17-9-7-15-40(42)48)37-23-26-46-45(30-37)50-47(53-46)27-25-44-43-24-22-32-12-4-5-13-38(32)51(43)54-52(44)50/h1-30H. The third-order valence-corrected chi connectivity index (χ3v) is 13.8. The quantitative estimate of drug-likeness (QED) is 0.160. The molecular weight excluding hydrogens is 689 g/mol. The van der Waals surface area contributed by atoms with Gasteiger partial charge in [0, 0.05) is 40.3 Å². The van der Waals surface area contributed by atoms with E-state index in [0.29, 0.717) is 0 Å². The van der Waals surface area contributed by atoms with Crippen LogP contribution in [0.4, 0.5) is 0 Å². The predicted octanol–water partition coefficient (Wildman–Crippen LogP) is 16.0. The first-order valence-electron chi connectivity index (χ1n) is 18.5. The molecule has 0 aliphatic heterocycles. The molecule has 0 spiro atoms. The van der Waals surface area contributed by atoms with Crippen LogP contribution in [0.1, 0.15) is 0 Å². The van der Waals surface area contributed by atoms with Gasteiger partial charge in [0.25, 0.3) is 0 Å². The molecule has 0 unspecified atom stereocenters. The Morgan fingerprint density at radius 1 is 0.259 bits per heavy atom. The first-order valence-corrected chi connectivity index (χ1v) is 20.1. The molecule has 250 valence electrons.